The van der Waals surface area contributed by atoms with Gasteiger partial charge in [0.05, 0.1) is 32.9 Å². The number of nitrogens with zero attached hydrogens (tertiary/aromatic N) is 2. The Balaban J connectivity index is 1.63. The van der Waals surface area contributed by atoms with E-state index >= 15 is 0 Å². The summed E-state index contributed by atoms with van der Waals surface area (Å²) < 4.78 is 0. The van der Waals surface area contributed by atoms with Crippen LogP contribution in [0.15, 0.2) is 66.7 Å². The second kappa shape index (κ2) is 6.59. The van der Waals surface area contributed by atoms with Crippen LogP contribution < -0.4 is 4.90 Å². The number of nitro groups is 1. The van der Waals surface area contributed by atoms with Gasteiger partial charge in [-0.05, 0) is 28.3 Å². The van der Waals surface area contributed by atoms with Crippen molar-refractivity contribution in [2.45, 2.75) is 11.3 Å². The summed E-state index contributed by atoms with van der Waals surface area (Å²) in [5.41, 5.74) is 1.47. The molecule has 7 rings (SSSR count). The molecule has 1 aliphatic heterocycles. The largest absolute Gasteiger partial charge is 0.302 e. The molecule has 1 fully saturated rings. The molecule has 0 radical (unpaired) electrons. The number of rotatable bonds is 3. The van der Waals surface area contributed by atoms with E-state index in [2.05, 4.69) is 0 Å². The van der Waals surface area contributed by atoms with Gasteiger partial charge in [-0.25, -0.2) is 4.90 Å². The fraction of sp³-hybridized carbons (Fsp3) is 0.160. The lowest BCUT2D eigenvalue weighted by Gasteiger charge is -2.51. The number of hydrogen-bond acceptors (Lipinski definition) is 5. The fourth-order valence-electron chi connectivity index (χ4n) is 6.05. The van der Waals surface area contributed by atoms with E-state index in [0.717, 1.165) is 39.5 Å². The SMILES string of the molecule is O=CC12c3ccccc3C(c3ccccc31)[C@@H]1C(=O)N(c3cc([N+](=O)[O-])ccc3Cl)C(=O)[C@H]12. The van der Waals surface area contributed by atoms with Gasteiger partial charge in [-0.15, -0.1) is 0 Å². The van der Waals surface area contributed by atoms with Gasteiger partial charge in [-0.2, -0.15) is 0 Å². The third-order valence-corrected chi connectivity index (χ3v) is 7.57. The quantitative estimate of drug-likeness (QED) is 0.256. The van der Waals surface area contributed by atoms with Gasteiger partial charge >= 0.3 is 0 Å². The van der Waals surface area contributed by atoms with E-state index in [0.29, 0.717) is 0 Å². The zero-order valence-corrected chi connectivity index (χ0v) is 17.7. The summed E-state index contributed by atoms with van der Waals surface area (Å²) in [7, 11) is 0. The van der Waals surface area contributed by atoms with E-state index < -0.39 is 39.9 Å². The number of hydrogen-bond donors (Lipinski definition) is 0. The monoisotopic (exact) mass is 458 g/mol. The van der Waals surface area contributed by atoms with Gasteiger partial charge in [0.25, 0.3) is 5.69 Å². The zero-order chi connectivity index (χ0) is 23.1. The number of halogens is 1. The molecule has 3 aromatic rings. The van der Waals surface area contributed by atoms with Crippen molar-refractivity contribution in [2.24, 2.45) is 11.8 Å². The third-order valence-electron chi connectivity index (χ3n) is 7.25. The molecular formula is C25H15ClN2O5. The van der Waals surface area contributed by atoms with E-state index in [-0.39, 0.29) is 16.4 Å². The summed E-state index contributed by atoms with van der Waals surface area (Å²) in [6.07, 6.45) is 0.779. The number of imide groups is 1. The number of aldehydes is 1. The highest BCUT2D eigenvalue weighted by Gasteiger charge is 2.68. The summed E-state index contributed by atoms with van der Waals surface area (Å²) in [4.78, 5) is 52.3. The fourth-order valence-corrected chi connectivity index (χ4v) is 6.26. The van der Waals surface area contributed by atoms with Crippen LogP contribution in [0.25, 0.3) is 0 Å². The average Bonchev–Trinajstić information content (AvgIpc) is 3.10. The van der Waals surface area contributed by atoms with Crippen LogP contribution in [0.1, 0.15) is 28.2 Å². The Morgan fingerprint density at radius 1 is 0.939 bits per heavy atom. The number of amides is 2. The Kier molecular flexibility index (Phi) is 3.95. The second-order valence-electron chi connectivity index (χ2n) is 8.55. The Hall–Kier alpha value is -3.84. The smallest absolute Gasteiger partial charge is 0.271 e. The van der Waals surface area contributed by atoms with Crippen LogP contribution in [-0.2, 0) is 19.8 Å². The van der Waals surface area contributed by atoms with Crippen molar-refractivity contribution in [3.63, 3.8) is 0 Å². The molecule has 1 saturated heterocycles. The number of carbonyl (C=O) groups excluding carboxylic acids is 3. The molecule has 33 heavy (non-hydrogen) atoms. The molecule has 162 valence electrons. The predicted octanol–water partition coefficient (Wildman–Crippen LogP) is 4.00. The highest BCUT2D eigenvalue weighted by molar-refractivity contribution is 6.36. The summed E-state index contributed by atoms with van der Waals surface area (Å²) in [6, 6.07) is 18.4. The minimum absolute atomic E-state index is 0.0381. The molecule has 2 bridgehead atoms. The normalized spacial score (nSPS) is 26.6. The predicted molar refractivity (Wildman–Crippen MR) is 119 cm³/mol. The Labute approximate surface area is 192 Å². The first-order valence-electron chi connectivity index (χ1n) is 10.4. The highest BCUT2D eigenvalue weighted by atomic mass is 35.5. The van der Waals surface area contributed by atoms with Crippen molar-refractivity contribution in [3.8, 4) is 0 Å². The van der Waals surface area contributed by atoms with Crippen molar-refractivity contribution < 1.29 is 19.3 Å². The van der Waals surface area contributed by atoms with Crippen molar-refractivity contribution in [2.75, 3.05) is 4.90 Å². The second-order valence-corrected chi connectivity index (χ2v) is 8.95. The van der Waals surface area contributed by atoms with Crippen molar-refractivity contribution in [1.29, 1.82) is 0 Å². The number of benzene rings is 3. The van der Waals surface area contributed by atoms with Crippen LogP contribution in [0, 0.1) is 22.0 Å². The van der Waals surface area contributed by atoms with E-state index in [1.807, 2.05) is 48.5 Å². The molecule has 0 N–H and O–H groups in total. The summed E-state index contributed by atoms with van der Waals surface area (Å²) in [5.74, 6) is -3.28. The Morgan fingerprint density at radius 3 is 2.12 bits per heavy atom. The molecule has 3 aromatic carbocycles. The topological polar surface area (TPSA) is 97.6 Å². The van der Waals surface area contributed by atoms with Gasteiger partial charge in [0.1, 0.15) is 6.29 Å². The molecule has 0 unspecified atom stereocenters. The standard InChI is InChI=1S/C25H15ClN2O5/c26-18-10-9-13(28(32)33)11-19(18)27-23(30)21-20-14-5-1-3-7-16(14)25(12-29,22(21)24(27)31)17-8-4-2-6-15(17)20/h1-12,20-22H/t20?,21-,22-,25?/m0/s1. The molecule has 2 atom stereocenters. The van der Waals surface area contributed by atoms with E-state index in [1.54, 1.807) is 0 Å². The summed E-state index contributed by atoms with van der Waals surface area (Å²) in [5, 5.41) is 11.4. The van der Waals surface area contributed by atoms with Crippen LogP contribution >= 0.6 is 11.6 Å². The molecule has 4 aliphatic rings. The van der Waals surface area contributed by atoms with Crippen LogP contribution in [0.2, 0.25) is 5.02 Å². The first-order chi connectivity index (χ1) is 15.9. The molecule has 3 aliphatic carbocycles. The Bertz CT molecular complexity index is 1370. The van der Waals surface area contributed by atoms with Crippen LogP contribution in [-0.4, -0.2) is 23.0 Å². The molecule has 0 aromatic heterocycles. The zero-order valence-electron chi connectivity index (χ0n) is 17.0. The van der Waals surface area contributed by atoms with E-state index in [1.165, 1.54) is 12.1 Å². The van der Waals surface area contributed by atoms with Crippen LogP contribution in [0.5, 0.6) is 0 Å². The van der Waals surface area contributed by atoms with Gasteiger partial charge in [0.2, 0.25) is 11.8 Å². The minimum atomic E-state index is -1.33. The molecule has 0 saturated carbocycles. The molecule has 7 nitrogen and oxygen atoms in total. The highest BCUT2D eigenvalue weighted by Crippen LogP contribution is 2.63. The number of non-ortho nitro benzene ring substituents is 1. The number of nitro benzene ring substituents is 1. The maximum Gasteiger partial charge on any atom is 0.271 e. The van der Waals surface area contributed by atoms with Gasteiger partial charge in [0.15, 0.2) is 0 Å². The van der Waals surface area contributed by atoms with Gasteiger partial charge in [0, 0.05) is 18.1 Å². The van der Waals surface area contributed by atoms with Gasteiger partial charge in [-0.1, -0.05) is 60.1 Å². The molecule has 1 heterocycles. The maximum absolute atomic E-state index is 13.9. The van der Waals surface area contributed by atoms with Crippen molar-refractivity contribution in [1.82, 2.24) is 0 Å². The average molecular weight is 459 g/mol. The van der Waals surface area contributed by atoms with Gasteiger partial charge in [-0.3, -0.25) is 19.7 Å². The summed E-state index contributed by atoms with van der Waals surface area (Å²) in [6.45, 7) is 0. The molecular weight excluding hydrogens is 444 g/mol. The van der Waals surface area contributed by atoms with Crippen molar-refractivity contribution >= 4 is 41.1 Å². The summed E-state index contributed by atoms with van der Waals surface area (Å²) >= 11 is 6.31. The lowest BCUT2D eigenvalue weighted by molar-refractivity contribution is -0.384. The Morgan fingerprint density at radius 2 is 1.55 bits per heavy atom. The maximum atomic E-state index is 13.9. The van der Waals surface area contributed by atoms with E-state index in [9.17, 15) is 24.5 Å². The number of carbonyl (C=O) groups is 3. The molecule has 2 amide bonds. The third kappa shape index (κ3) is 2.27. The lowest BCUT2D eigenvalue weighted by Crippen LogP contribution is -2.54. The van der Waals surface area contributed by atoms with E-state index in [4.69, 9.17) is 11.6 Å². The van der Waals surface area contributed by atoms with Gasteiger partial charge < -0.3 is 4.79 Å². The van der Waals surface area contributed by atoms with Crippen LogP contribution in [0.3, 0.4) is 0 Å². The minimum Gasteiger partial charge on any atom is -0.302 e. The number of anilines is 1. The first kappa shape index (κ1) is 19.8. The van der Waals surface area contributed by atoms with Crippen LogP contribution in [0.4, 0.5) is 11.4 Å². The molecule has 0 spiro atoms. The first-order valence-corrected chi connectivity index (χ1v) is 10.8. The van der Waals surface area contributed by atoms with Crippen molar-refractivity contribution in [3.05, 3.63) is 104 Å². The molecule has 8 heteroatoms. The lowest BCUT2D eigenvalue weighted by atomic mass is 9.48.